The number of unbranched alkanes of at least 4 members (excludes halogenated alkanes) is 3. The van der Waals surface area contributed by atoms with Crippen LogP contribution in [0.2, 0.25) is 0 Å². The van der Waals surface area contributed by atoms with Gasteiger partial charge in [0.15, 0.2) is 5.96 Å². The summed E-state index contributed by atoms with van der Waals surface area (Å²) in [4.78, 5) is 7.09. The zero-order valence-electron chi connectivity index (χ0n) is 15.2. The highest BCUT2D eigenvalue weighted by Gasteiger charge is 2.21. The number of benzene rings is 1. The second-order valence-electron chi connectivity index (χ2n) is 6.90. The average Bonchev–Trinajstić information content (AvgIpc) is 3.07. The highest BCUT2D eigenvalue weighted by Crippen LogP contribution is 2.17. The van der Waals surface area contributed by atoms with E-state index in [1.54, 1.807) is 0 Å². The van der Waals surface area contributed by atoms with Gasteiger partial charge in [0.05, 0.1) is 0 Å². The van der Waals surface area contributed by atoms with Crippen molar-refractivity contribution in [1.82, 2.24) is 10.2 Å². The molecule has 0 saturated carbocycles. The van der Waals surface area contributed by atoms with Crippen molar-refractivity contribution < 1.29 is 0 Å². The Bertz CT molecular complexity index is 472. The zero-order valence-corrected chi connectivity index (χ0v) is 15.2. The molecule has 0 spiro atoms. The van der Waals surface area contributed by atoms with Crippen LogP contribution in [0.15, 0.2) is 35.3 Å². The Morgan fingerprint density at radius 1 is 1.25 bits per heavy atom. The molecule has 3 N–H and O–H groups in total. The molecule has 1 heterocycles. The van der Waals surface area contributed by atoms with Gasteiger partial charge in [-0.25, -0.2) is 0 Å². The quantitative estimate of drug-likeness (QED) is 0.394. The van der Waals surface area contributed by atoms with Crippen LogP contribution in [0, 0.1) is 5.92 Å². The monoisotopic (exact) mass is 330 g/mol. The van der Waals surface area contributed by atoms with Gasteiger partial charge in [0.2, 0.25) is 0 Å². The summed E-state index contributed by atoms with van der Waals surface area (Å²) in [6.45, 7) is 7.53. The summed E-state index contributed by atoms with van der Waals surface area (Å²) >= 11 is 0. The zero-order chi connectivity index (χ0) is 17.0. The first kappa shape index (κ1) is 18.8. The number of hydrogen-bond acceptors (Lipinski definition) is 2. The summed E-state index contributed by atoms with van der Waals surface area (Å²) < 4.78 is 0. The molecule has 0 aromatic heterocycles. The number of nitrogens with one attached hydrogen (secondary N) is 1. The Kier molecular flexibility index (Phi) is 8.67. The van der Waals surface area contributed by atoms with E-state index in [-0.39, 0.29) is 0 Å². The van der Waals surface area contributed by atoms with Gasteiger partial charge in [-0.15, -0.1) is 0 Å². The van der Waals surface area contributed by atoms with Gasteiger partial charge in [-0.1, -0.05) is 56.5 Å². The van der Waals surface area contributed by atoms with Crippen LogP contribution in [0.3, 0.4) is 0 Å². The number of likely N-dealkylation sites (tertiary alicyclic amines) is 1. The van der Waals surface area contributed by atoms with E-state index < -0.39 is 0 Å². The first-order valence-electron chi connectivity index (χ1n) is 9.58. The SMILES string of the molecule is CCCCCCNC(N)=NCC1CCN(CCc2ccccc2)C1. The van der Waals surface area contributed by atoms with Gasteiger partial charge >= 0.3 is 0 Å². The molecular weight excluding hydrogens is 296 g/mol. The molecule has 0 bridgehead atoms. The standard InChI is InChI=1S/C20H34N4/c1-2-3-4-8-13-22-20(21)23-16-19-12-15-24(17-19)14-11-18-9-6-5-7-10-18/h5-7,9-10,19H,2-4,8,11-17H2,1H3,(H3,21,22,23). The summed E-state index contributed by atoms with van der Waals surface area (Å²) in [5.41, 5.74) is 7.39. The predicted octanol–water partition coefficient (Wildman–Crippen LogP) is 3.04. The molecule has 1 unspecified atom stereocenters. The average molecular weight is 331 g/mol. The van der Waals surface area contributed by atoms with Crippen LogP contribution in [0.25, 0.3) is 0 Å². The minimum absolute atomic E-state index is 0.620. The van der Waals surface area contributed by atoms with E-state index in [0.29, 0.717) is 11.9 Å². The summed E-state index contributed by atoms with van der Waals surface area (Å²) in [6.07, 6.45) is 7.41. The van der Waals surface area contributed by atoms with E-state index >= 15 is 0 Å². The van der Waals surface area contributed by atoms with Crippen molar-refractivity contribution in [3.8, 4) is 0 Å². The van der Waals surface area contributed by atoms with Crippen molar-refractivity contribution in [1.29, 1.82) is 0 Å². The number of aliphatic imine (C=N–C) groups is 1. The van der Waals surface area contributed by atoms with E-state index in [1.807, 2.05) is 0 Å². The number of hydrogen-bond donors (Lipinski definition) is 2. The van der Waals surface area contributed by atoms with Gasteiger partial charge in [-0.3, -0.25) is 4.99 Å². The third-order valence-electron chi connectivity index (χ3n) is 4.79. The molecule has 134 valence electrons. The van der Waals surface area contributed by atoms with Crippen molar-refractivity contribution >= 4 is 5.96 Å². The summed E-state index contributed by atoms with van der Waals surface area (Å²) in [5, 5.41) is 3.24. The molecule has 0 radical (unpaired) electrons. The van der Waals surface area contributed by atoms with Gasteiger partial charge in [0, 0.05) is 26.2 Å². The molecule has 1 aliphatic heterocycles. The van der Waals surface area contributed by atoms with Gasteiger partial charge in [0.25, 0.3) is 0 Å². The number of rotatable bonds is 10. The lowest BCUT2D eigenvalue weighted by Crippen LogP contribution is -2.33. The molecule has 1 aromatic rings. The van der Waals surface area contributed by atoms with Crippen molar-refractivity contribution in [2.75, 3.05) is 32.7 Å². The molecule has 1 atom stereocenters. The fourth-order valence-corrected chi connectivity index (χ4v) is 3.25. The largest absolute Gasteiger partial charge is 0.370 e. The van der Waals surface area contributed by atoms with Gasteiger partial charge in [-0.05, 0) is 37.3 Å². The van der Waals surface area contributed by atoms with Crippen molar-refractivity contribution in [3.63, 3.8) is 0 Å². The third kappa shape index (κ3) is 7.35. The minimum atomic E-state index is 0.620. The second kappa shape index (κ2) is 11.1. The van der Waals surface area contributed by atoms with Crippen LogP contribution in [0.5, 0.6) is 0 Å². The normalized spacial score (nSPS) is 18.9. The fourth-order valence-electron chi connectivity index (χ4n) is 3.25. The maximum atomic E-state index is 5.96. The van der Waals surface area contributed by atoms with Crippen LogP contribution in [-0.4, -0.2) is 43.6 Å². The molecule has 4 nitrogen and oxygen atoms in total. The summed E-state index contributed by atoms with van der Waals surface area (Å²) in [7, 11) is 0. The van der Waals surface area contributed by atoms with Gasteiger partial charge in [0.1, 0.15) is 0 Å². The number of nitrogens with two attached hydrogens (primary N) is 1. The van der Waals surface area contributed by atoms with Crippen molar-refractivity contribution in [2.45, 2.75) is 45.4 Å². The summed E-state index contributed by atoms with van der Waals surface area (Å²) in [6, 6.07) is 10.7. The highest BCUT2D eigenvalue weighted by atomic mass is 15.2. The Labute approximate surface area is 147 Å². The van der Waals surface area contributed by atoms with Crippen molar-refractivity contribution in [2.24, 2.45) is 16.6 Å². The molecule has 1 fully saturated rings. The molecule has 0 amide bonds. The minimum Gasteiger partial charge on any atom is -0.370 e. The van der Waals surface area contributed by atoms with E-state index in [9.17, 15) is 0 Å². The van der Waals surface area contributed by atoms with Gasteiger partial charge < -0.3 is 16.0 Å². The predicted molar refractivity (Wildman–Crippen MR) is 103 cm³/mol. The molecular formula is C20H34N4. The first-order chi connectivity index (χ1) is 11.8. The Balaban J connectivity index is 1.58. The smallest absolute Gasteiger partial charge is 0.188 e. The summed E-state index contributed by atoms with van der Waals surface area (Å²) in [5.74, 6) is 1.27. The second-order valence-corrected chi connectivity index (χ2v) is 6.90. The Morgan fingerprint density at radius 3 is 2.88 bits per heavy atom. The molecule has 1 saturated heterocycles. The van der Waals surface area contributed by atoms with E-state index in [0.717, 1.165) is 32.6 Å². The highest BCUT2D eigenvalue weighted by molar-refractivity contribution is 5.77. The van der Waals surface area contributed by atoms with E-state index in [4.69, 9.17) is 5.73 Å². The molecule has 24 heavy (non-hydrogen) atoms. The number of guanidine groups is 1. The Hall–Kier alpha value is -1.55. The van der Waals surface area contributed by atoms with Crippen LogP contribution in [0.4, 0.5) is 0 Å². The van der Waals surface area contributed by atoms with Crippen LogP contribution in [0.1, 0.15) is 44.6 Å². The number of nitrogens with zero attached hydrogens (tertiary/aromatic N) is 2. The lowest BCUT2D eigenvalue weighted by atomic mass is 10.1. The van der Waals surface area contributed by atoms with E-state index in [1.165, 1.54) is 44.2 Å². The van der Waals surface area contributed by atoms with Gasteiger partial charge in [-0.2, -0.15) is 0 Å². The topological polar surface area (TPSA) is 53.6 Å². The maximum Gasteiger partial charge on any atom is 0.188 e. The van der Waals surface area contributed by atoms with Crippen LogP contribution >= 0.6 is 0 Å². The molecule has 1 aliphatic rings. The maximum absolute atomic E-state index is 5.96. The molecule has 2 rings (SSSR count). The van der Waals surface area contributed by atoms with Crippen molar-refractivity contribution in [3.05, 3.63) is 35.9 Å². The lowest BCUT2D eigenvalue weighted by Gasteiger charge is -2.15. The molecule has 0 aliphatic carbocycles. The van der Waals surface area contributed by atoms with E-state index in [2.05, 4.69) is 52.5 Å². The van der Waals surface area contributed by atoms with Crippen LogP contribution < -0.4 is 11.1 Å². The first-order valence-corrected chi connectivity index (χ1v) is 9.58. The molecule has 1 aromatic carbocycles. The van der Waals surface area contributed by atoms with Crippen LogP contribution in [-0.2, 0) is 6.42 Å². The fraction of sp³-hybridized carbons (Fsp3) is 0.650. The Morgan fingerprint density at radius 2 is 2.08 bits per heavy atom. The molecule has 4 heteroatoms. The lowest BCUT2D eigenvalue weighted by molar-refractivity contribution is 0.329. The third-order valence-corrected chi connectivity index (χ3v) is 4.79.